The van der Waals surface area contributed by atoms with Crippen LogP contribution in [-0.4, -0.2) is 22.1 Å². The number of hydrogen-bond donors (Lipinski definition) is 2. The summed E-state index contributed by atoms with van der Waals surface area (Å²) in [5.41, 5.74) is 6.34. The van der Waals surface area contributed by atoms with Crippen LogP contribution >= 0.6 is 0 Å². The van der Waals surface area contributed by atoms with E-state index in [0.29, 0.717) is 18.8 Å². The van der Waals surface area contributed by atoms with Crippen LogP contribution in [0.5, 0.6) is 5.75 Å². The Bertz CT molecular complexity index is 486. The van der Waals surface area contributed by atoms with Crippen molar-refractivity contribution in [2.24, 2.45) is 5.73 Å². The lowest BCUT2D eigenvalue weighted by molar-refractivity contribution is 0.401. The molecule has 5 nitrogen and oxygen atoms in total. The molecule has 0 aliphatic rings. The first-order chi connectivity index (χ1) is 8.55. The van der Waals surface area contributed by atoms with E-state index in [1.807, 2.05) is 6.92 Å². The van der Waals surface area contributed by atoms with Gasteiger partial charge in [-0.05, 0) is 24.1 Å². The number of nitrogens with one attached hydrogen (secondary N) is 1. The van der Waals surface area contributed by atoms with E-state index in [0.717, 1.165) is 18.4 Å². The van der Waals surface area contributed by atoms with Crippen molar-refractivity contribution in [1.82, 2.24) is 4.72 Å². The Kier molecular flexibility index (Phi) is 5.58. The van der Waals surface area contributed by atoms with Crippen LogP contribution in [0.1, 0.15) is 25.3 Å². The molecule has 0 atom stereocenters. The second-order valence-corrected chi connectivity index (χ2v) is 5.68. The summed E-state index contributed by atoms with van der Waals surface area (Å²) in [5.74, 6) is 0.321. The molecule has 0 fully saturated rings. The van der Waals surface area contributed by atoms with E-state index in [-0.39, 0.29) is 4.90 Å². The topological polar surface area (TPSA) is 81.4 Å². The van der Waals surface area contributed by atoms with Crippen molar-refractivity contribution in [3.05, 3.63) is 23.8 Å². The van der Waals surface area contributed by atoms with Crippen molar-refractivity contribution >= 4 is 10.0 Å². The first kappa shape index (κ1) is 14.9. The predicted octanol–water partition coefficient (Wildman–Crippen LogP) is 1.23. The summed E-state index contributed by atoms with van der Waals surface area (Å²) < 4.78 is 31.8. The Morgan fingerprint density at radius 3 is 2.67 bits per heavy atom. The molecule has 0 heterocycles. The number of unbranched alkanes of at least 4 members (excludes halogenated alkanes) is 1. The van der Waals surface area contributed by atoms with Crippen LogP contribution in [0.3, 0.4) is 0 Å². The summed E-state index contributed by atoms with van der Waals surface area (Å²) in [4.78, 5) is 0.151. The third-order valence-corrected chi connectivity index (χ3v) is 4.08. The fourth-order valence-electron chi connectivity index (χ4n) is 1.52. The van der Waals surface area contributed by atoms with Gasteiger partial charge in [0.2, 0.25) is 10.0 Å². The third kappa shape index (κ3) is 3.69. The standard InChI is InChI=1S/C12H20N2O3S/c1-3-4-7-14-18(15,16)12-6-5-10(9-13)8-11(12)17-2/h5-6,8,14H,3-4,7,9,13H2,1-2H3. The van der Waals surface area contributed by atoms with Crippen molar-refractivity contribution < 1.29 is 13.2 Å². The number of rotatable bonds is 7. The molecule has 0 radical (unpaired) electrons. The average Bonchev–Trinajstić information content (AvgIpc) is 2.38. The first-order valence-corrected chi connectivity index (χ1v) is 7.40. The molecule has 6 heteroatoms. The Labute approximate surface area is 108 Å². The second kappa shape index (κ2) is 6.72. The fraction of sp³-hybridized carbons (Fsp3) is 0.500. The van der Waals surface area contributed by atoms with Gasteiger partial charge in [0.1, 0.15) is 10.6 Å². The molecule has 0 bridgehead atoms. The largest absolute Gasteiger partial charge is 0.495 e. The van der Waals surface area contributed by atoms with Gasteiger partial charge in [0.25, 0.3) is 0 Å². The highest BCUT2D eigenvalue weighted by Gasteiger charge is 2.18. The van der Waals surface area contributed by atoms with Crippen molar-refractivity contribution in [1.29, 1.82) is 0 Å². The van der Waals surface area contributed by atoms with E-state index in [4.69, 9.17) is 10.5 Å². The second-order valence-electron chi connectivity index (χ2n) is 3.94. The van der Waals surface area contributed by atoms with Gasteiger partial charge in [-0.3, -0.25) is 0 Å². The van der Waals surface area contributed by atoms with Gasteiger partial charge >= 0.3 is 0 Å². The molecule has 0 aliphatic heterocycles. The number of ether oxygens (including phenoxy) is 1. The van der Waals surface area contributed by atoms with Crippen LogP contribution < -0.4 is 15.2 Å². The van der Waals surface area contributed by atoms with Gasteiger partial charge in [-0.1, -0.05) is 19.4 Å². The number of benzene rings is 1. The van der Waals surface area contributed by atoms with Gasteiger partial charge < -0.3 is 10.5 Å². The molecule has 1 rings (SSSR count). The van der Waals surface area contributed by atoms with Crippen molar-refractivity contribution in [3.8, 4) is 5.75 Å². The van der Waals surface area contributed by atoms with E-state index in [2.05, 4.69) is 4.72 Å². The van der Waals surface area contributed by atoms with Crippen LogP contribution in [0.15, 0.2) is 23.1 Å². The number of hydrogen-bond acceptors (Lipinski definition) is 4. The molecule has 0 saturated heterocycles. The summed E-state index contributed by atoms with van der Waals surface area (Å²) >= 11 is 0. The lowest BCUT2D eigenvalue weighted by Crippen LogP contribution is -2.25. The van der Waals surface area contributed by atoms with Crippen LogP contribution in [0, 0.1) is 0 Å². The predicted molar refractivity (Wildman–Crippen MR) is 71.0 cm³/mol. The van der Waals surface area contributed by atoms with E-state index >= 15 is 0 Å². The molecule has 0 amide bonds. The van der Waals surface area contributed by atoms with Crippen LogP contribution in [0.2, 0.25) is 0 Å². The third-order valence-electron chi connectivity index (χ3n) is 2.58. The summed E-state index contributed by atoms with van der Waals surface area (Å²) in [5, 5.41) is 0. The minimum absolute atomic E-state index is 0.151. The van der Waals surface area contributed by atoms with E-state index in [9.17, 15) is 8.42 Å². The van der Waals surface area contributed by atoms with Gasteiger partial charge in [-0.25, -0.2) is 13.1 Å². The quantitative estimate of drug-likeness (QED) is 0.732. The monoisotopic (exact) mass is 272 g/mol. The molecule has 0 aromatic heterocycles. The zero-order chi connectivity index (χ0) is 13.6. The summed E-state index contributed by atoms with van der Waals surface area (Å²) in [6.07, 6.45) is 1.74. The highest BCUT2D eigenvalue weighted by Crippen LogP contribution is 2.24. The zero-order valence-corrected chi connectivity index (χ0v) is 11.6. The maximum atomic E-state index is 12.1. The average molecular weight is 272 g/mol. The summed E-state index contributed by atoms with van der Waals surface area (Å²) in [7, 11) is -2.07. The fourth-order valence-corrected chi connectivity index (χ4v) is 2.74. The Hall–Kier alpha value is -1.11. The molecule has 0 saturated carbocycles. The van der Waals surface area contributed by atoms with Gasteiger partial charge in [0.15, 0.2) is 0 Å². The van der Waals surface area contributed by atoms with Gasteiger partial charge in [-0.15, -0.1) is 0 Å². The molecule has 3 N–H and O–H groups in total. The maximum Gasteiger partial charge on any atom is 0.244 e. The molecule has 1 aromatic carbocycles. The summed E-state index contributed by atoms with van der Waals surface area (Å²) in [6, 6.07) is 4.86. The Balaban J connectivity index is 3.00. The minimum Gasteiger partial charge on any atom is -0.495 e. The molecule has 0 aliphatic carbocycles. The molecule has 0 unspecified atom stereocenters. The van der Waals surface area contributed by atoms with Crippen LogP contribution in [-0.2, 0) is 16.6 Å². The van der Waals surface area contributed by atoms with Gasteiger partial charge in [-0.2, -0.15) is 0 Å². The number of methoxy groups -OCH3 is 1. The first-order valence-electron chi connectivity index (χ1n) is 5.91. The van der Waals surface area contributed by atoms with E-state index in [1.165, 1.54) is 13.2 Å². The molecule has 102 valence electrons. The normalized spacial score (nSPS) is 11.5. The minimum atomic E-state index is -3.52. The maximum absolute atomic E-state index is 12.1. The number of nitrogens with two attached hydrogens (primary N) is 1. The van der Waals surface area contributed by atoms with Crippen LogP contribution in [0.25, 0.3) is 0 Å². The van der Waals surface area contributed by atoms with Gasteiger partial charge in [0, 0.05) is 13.1 Å². The van der Waals surface area contributed by atoms with Crippen LogP contribution in [0.4, 0.5) is 0 Å². The lowest BCUT2D eigenvalue weighted by Gasteiger charge is -2.11. The SMILES string of the molecule is CCCCNS(=O)(=O)c1ccc(CN)cc1OC. The smallest absolute Gasteiger partial charge is 0.244 e. The molecule has 18 heavy (non-hydrogen) atoms. The summed E-state index contributed by atoms with van der Waals surface area (Å²) in [6.45, 7) is 2.78. The van der Waals surface area contributed by atoms with E-state index < -0.39 is 10.0 Å². The molecule has 1 aromatic rings. The Morgan fingerprint density at radius 2 is 2.11 bits per heavy atom. The van der Waals surface area contributed by atoms with Gasteiger partial charge in [0.05, 0.1) is 7.11 Å². The van der Waals surface area contributed by atoms with Crippen molar-refractivity contribution in [3.63, 3.8) is 0 Å². The highest BCUT2D eigenvalue weighted by atomic mass is 32.2. The molecular formula is C12H20N2O3S. The molecule has 0 spiro atoms. The molecular weight excluding hydrogens is 252 g/mol. The Morgan fingerprint density at radius 1 is 1.39 bits per heavy atom. The lowest BCUT2D eigenvalue weighted by atomic mass is 10.2. The van der Waals surface area contributed by atoms with Crippen molar-refractivity contribution in [2.75, 3.05) is 13.7 Å². The highest BCUT2D eigenvalue weighted by molar-refractivity contribution is 7.89. The van der Waals surface area contributed by atoms with Crippen molar-refractivity contribution in [2.45, 2.75) is 31.2 Å². The zero-order valence-electron chi connectivity index (χ0n) is 10.8. The number of sulfonamides is 1. The van der Waals surface area contributed by atoms with E-state index in [1.54, 1.807) is 12.1 Å².